The number of primary sulfonamides is 1. The third-order valence-corrected chi connectivity index (χ3v) is 4.41. The maximum absolute atomic E-state index is 12.2. The first-order valence-corrected chi connectivity index (χ1v) is 9.17. The maximum atomic E-state index is 12.2. The van der Waals surface area contributed by atoms with Gasteiger partial charge in [0, 0.05) is 23.1 Å². The molecule has 4 N–H and O–H groups in total. The van der Waals surface area contributed by atoms with E-state index in [4.69, 9.17) is 10.4 Å². The molecule has 0 fully saturated rings. The van der Waals surface area contributed by atoms with Gasteiger partial charge in [-0.15, -0.1) is 0 Å². The molecular weight excluding hydrogens is 368 g/mol. The molecule has 0 aliphatic rings. The van der Waals surface area contributed by atoms with E-state index in [2.05, 4.69) is 10.6 Å². The number of hydrogen-bond donors (Lipinski definition) is 3. The zero-order valence-electron chi connectivity index (χ0n) is 14.3. The lowest BCUT2D eigenvalue weighted by Gasteiger charge is -2.06. The van der Waals surface area contributed by atoms with Crippen LogP contribution in [0.3, 0.4) is 0 Å². The Morgan fingerprint density at radius 3 is 2.07 bits per heavy atom. The molecule has 0 aliphatic heterocycles. The molecule has 0 aliphatic carbocycles. The van der Waals surface area contributed by atoms with Crippen molar-refractivity contribution >= 4 is 33.1 Å². The van der Waals surface area contributed by atoms with Crippen molar-refractivity contribution in [1.29, 1.82) is 5.26 Å². The zero-order valence-corrected chi connectivity index (χ0v) is 15.1. The minimum absolute atomic E-state index is 0.0516. The van der Waals surface area contributed by atoms with Crippen molar-refractivity contribution in [3.05, 3.63) is 65.9 Å². The molecule has 0 atom stereocenters. The average molecular weight is 384 g/mol. The predicted octanol–water partition coefficient (Wildman–Crippen LogP) is 1.99. The Balaban J connectivity index is 2.07. The van der Waals surface area contributed by atoms with Crippen molar-refractivity contribution in [2.24, 2.45) is 5.14 Å². The molecule has 0 aromatic heterocycles. The number of rotatable bonds is 6. The number of Topliss-reactive ketones (excluding diaryl/α,β-unsaturated/α-hetero) is 1. The van der Waals surface area contributed by atoms with E-state index in [9.17, 15) is 18.0 Å². The number of nitrogens with two attached hydrogens (primary N) is 1. The van der Waals surface area contributed by atoms with E-state index >= 15 is 0 Å². The van der Waals surface area contributed by atoms with Crippen LogP contribution in [0.15, 0.2) is 65.2 Å². The van der Waals surface area contributed by atoms with Crippen LogP contribution in [0.5, 0.6) is 0 Å². The van der Waals surface area contributed by atoms with E-state index in [1.54, 1.807) is 30.3 Å². The molecule has 0 unspecified atom stereocenters. The lowest BCUT2D eigenvalue weighted by molar-refractivity contribution is -0.112. The van der Waals surface area contributed by atoms with Crippen LogP contribution in [0, 0.1) is 11.3 Å². The summed E-state index contributed by atoms with van der Waals surface area (Å²) in [7, 11) is -3.79. The summed E-state index contributed by atoms with van der Waals surface area (Å²) in [6.07, 6.45) is 1.20. The third-order valence-electron chi connectivity index (χ3n) is 3.48. The van der Waals surface area contributed by atoms with Crippen LogP contribution < -0.4 is 15.8 Å². The molecule has 8 nitrogen and oxygen atoms in total. The Labute approximate surface area is 156 Å². The van der Waals surface area contributed by atoms with Gasteiger partial charge in [-0.1, -0.05) is 0 Å². The summed E-state index contributed by atoms with van der Waals surface area (Å²) in [5, 5.41) is 19.5. The van der Waals surface area contributed by atoms with E-state index in [1.165, 1.54) is 37.4 Å². The highest BCUT2D eigenvalue weighted by atomic mass is 32.2. The van der Waals surface area contributed by atoms with Crippen molar-refractivity contribution in [1.82, 2.24) is 0 Å². The Kier molecular flexibility index (Phi) is 6.07. The lowest BCUT2D eigenvalue weighted by Crippen LogP contribution is -2.14. The molecule has 0 heterocycles. The standard InChI is InChI=1S/C18H16N4O4S/c1-12(23)13-2-4-16(5-3-13)22-18(24)14(10-19)11-21-15-6-8-17(9-7-15)27(20,25)26/h2-9,11,21H,1H3,(H,22,24)(H2,20,25,26)/b14-11-. The second kappa shape index (κ2) is 8.27. The highest BCUT2D eigenvalue weighted by Crippen LogP contribution is 2.14. The fourth-order valence-electron chi connectivity index (χ4n) is 2.03. The SMILES string of the molecule is CC(=O)c1ccc(NC(=O)/C(C#N)=C\Nc2ccc(S(N)(=O)=O)cc2)cc1. The highest BCUT2D eigenvalue weighted by molar-refractivity contribution is 7.89. The molecule has 2 rings (SSSR count). The smallest absolute Gasteiger partial charge is 0.267 e. The minimum atomic E-state index is -3.79. The Morgan fingerprint density at radius 1 is 1.04 bits per heavy atom. The Hall–Kier alpha value is -3.48. The monoisotopic (exact) mass is 384 g/mol. The quantitative estimate of drug-likeness (QED) is 0.395. The molecule has 1 amide bonds. The molecule has 138 valence electrons. The number of ketones is 1. The lowest BCUT2D eigenvalue weighted by atomic mass is 10.1. The number of nitrogens with one attached hydrogen (secondary N) is 2. The van der Waals surface area contributed by atoms with Gasteiger partial charge in [0.25, 0.3) is 5.91 Å². The van der Waals surface area contributed by atoms with E-state index in [-0.39, 0.29) is 16.3 Å². The number of carbonyl (C=O) groups excluding carboxylic acids is 2. The number of carbonyl (C=O) groups is 2. The van der Waals surface area contributed by atoms with Gasteiger partial charge < -0.3 is 10.6 Å². The van der Waals surface area contributed by atoms with Crippen LogP contribution in [0.4, 0.5) is 11.4 Å². The van der Waals surface area contributed by atoms with Gasteiger partial charge in [0.15, 0.2) is 5.78 Å². The van der Waals surface area contributed by atoms with Gasteiger partial charge in [0.1, 0.15) is 11.6 Å². The Morgan fingerprint density at radius 2 is 1.59 bits per heavy atom. The molecule has 2 aromatic rings. The van der Waals surface area contributed by atoms with Gasteiger partial charge >= 0.3 is 0 Å². The number of benzene rings is 2. The summed E-state index contributed by atoms with van der Waals surface area (Å²) in [6.45, 7) is 1.44. The van der Waals surface area contributed by atoms with Crippen molar-refractivity contribution in [2.75, 3.05) is 10.6 Å². The summed E-state index contributed by atoms with van der Waals surface area (Å²) in [5.41, 5.74) is 1.22. The maximum Gasteiger partial charge on any atom is 0.267 e. The van der Waals surface area contributed by atoms with Gasteiger partial charge in [-0.3, -0.25) is 9.59 Å². The topological polar surface area (TPSA) is 142 Å². The van der Waals surface area contributed by atoms with Crippen LogP contribution >= 0.6 is 0 Å². The van der Waals surface area contributed by atoms with E-state index in [0.717, 1.165) is 0 Å². The van der Waals surface area contributed by atoms with Crippen LogP contribution in [0.2, 0.25) is 0 Å². The van der Waals surface area contributed by atoms with E-state index < -0.39 is 15.9 Å². The molecule has 0 bridgehead atoms. The minimum Gasteiger partial charge on any atom is -0.360 e. The van der Waals surface area contributed by atoms with Gasteiger partial charge in [-0.25, -0.2) is 13.6 Å². The summed E-state index contributed by atoms with van der Waals surface area (Å²) in [4.78, 5) is 23.4. The van der Waals surface area contributed by atoms with Gasteiger partial charge in [-0.2, -0.15) is 5.26 Å². The van der Waals surface area contributed by atoms with Crippen LogP contribution in [-0.2, 0) is 14.8 Å². The number of sulfonamides is 1. The second-order valence-corrected chi connectivity index (χ2v) is 7.03. The first kappa shape index (κ1) is 19.8. The number of anilines is 2. The predicted molar refractivity (Wildman–Crippen MR) is 100 cm³/mol. The van der Waals surface area contributed by atoms with E-state index in [1.807, 2.05) is 0 Å². The van der Waals surface area contributed by atoms with Crippen molar-refractivity contribution in [3.63, 3.8) is 0 Å². The fraction of sp³-hybridized carbons (Fsp3) is 0.0556. The first-order valence-electron chi connectivity index (χ1n) is 7.63. The van der Waals surface area contributed by atoms with Crippen molar-refractivity contribution in [2.45, 2.75) is 11.8 Å². The summed E-state index contributed by atoms with van der Waals surface area (Å²) in [5.74, 6) is -0.732. The van der Waals surface area contributed by atoms with E-state index in [0.29, 0.717) is 16.9 Å². The number of nitriles is 1. The third kappa shape index (κ3) is 5.50. The second-order valence-electron chi connectivity index (χ2n) is 5.47. The van der Waals surface area contributed by atoms with Gasteiger partial charge in [0.2, 0.25) is 10.0 Å². The number of nitrogens with zero attached hydrogens (tertiary/aromatic N) is 1. The van der Waals surface area contributed by atoms with Gasteiger partial charge in [-0.05, 0) is 55.5 Å². The number of hydrogen-bond acceptors (Lipinski definition) is 6. The fourth-order valence-corrected chi connectivity index (χ4v) is 2.55. The molecular formula is C18H16N4O4S. The number of amides is 1. The first-order chi connectivity index (χ1) is 12.7. The average Bonchev–Trinajstić information content (AvgIpc) is 2.62. The highest BCUT2D eigenvalue weighted by Gasteiger charge is 2.10. The molecule has 2 aromatic carbocycles. The molecule has 0 saturated heterocycles. The van der Waals surface area contributed by atoms with Crippen LogP contribution in [0.1, 0.15) is 17.3 Å². The van der Waals surface area contributed by atoms with Crippen LogP contribution in [0.25, 0.3) is 0 Å². The largest absolute Gasteiger partial charge is 0.360 e. The van der Waals surface area contributed by atoms with Gasteiger partial charge in [0.05, 0.1) is 4.90 Å². The zero-order chi connectivity index (χ0) is 20.0. The van der Waals surface area contributed by atoms with Crippen LogP contribution in [-0.4, -0.2) is 20.1 Å². The summed E-state index contributed by atoms with van der Waals surface area (Å²) in [6, 6.07) is 13.5. The molecule has 27 heavy (non-hydrogen) atoms. The summed E-state index contributed by atoms with van der Waals surface area (Å²) >= 11 is 0. The summed E-state index contributed by atoms with van der Waals surface area (Å²) < 4.78 is 22.4. The van der Waals surface area contributed by atoms with Crippen molar-refractivity contribution in [3.8, 4) is 6.07 Å². The van der Waals surface area contributed by atoms with Crippen molar-refractivity contribution < 1.29 is 18.0 Å². The molecule has 0 saturated carbocycles. The molecule has 0 radical (unpaired) electrons. The normalized spacial score (nSPS) is 11.4. The Bertz CT molecular complexity index is 1030. The molecule has 9 heteroatoms. The molecule has 0 spiro atoms.